The second-order valence-electron chi connectivity index (χ2n) is 10.1. The van der Waals surface area contributed by atoms with Gasteiger partial charge in [0.25, 0.3) is 0 Å². The molecule has 1 aliphatic heterocycles. The number of alkyl halides is 3. The van der Waals surface area contributed by atoms with Crippen LogP contribution in [0.15, 0.2) is 24.5 Å². The van der Waals surface area contributed by atoms with E-state index in [1.54, 1.807) is 24.2 Å². The van der Waals surface area contributed by atoms with Gasteiger partial charge in [-0.25, -0.2) is 22.9 Å². The van der Waals surface area contributed by atoms with E-state index in [9.17, 15) is 26.4 Å². The third-order valence-corrected chi connectivity index (χ3v) is 8.05. The zero-order valence-corrected chi connectivity index (χ0v) is 22.8. The summed E-state index contributed by atoms with van der Waals surface area (Å²) in [5.41, 5.74) is 3.67. The summed E-state index contributed by atoms with van der Waals surface area (Å²) in [4.78, 5) is 26.7. The van der Waals surface area contributed by atoms with Crippen molar-refractivity contribution in [1.82, 2.24) is 29.1 Å². The van der Waals surface area contributed by atoms with Gasteiger partial charge in [0.2, 0.25) is 16.0 Å². The molecule has 0 bridgehead atoms. The van der Waals surface area contributed by atoms with Gasteiger partial charge in [0.15, 0.2) is 5.65 Å². The van der Waals surface area contributed by atoms with Crippen molar-refractivity contribution in [3.63, 3.8) is 0 Å². The van der Waals surface area contributed by atoms with Crippen molar-refractivity contribution < 1.29 is 36.0 Å². The van der Waals surface area contributed by atoms with Crippen molar-refractivity contribution in [3.05, 3.63) is 35.7 Å². The van der Waals surface area contributed by atoms with Gasteiger partial charge in [-0.2, -0.15) is 23.3 Å². The number of ether oxygens (including phenoxy) is 1. The number of carbonyl (C=O) groups excluding carboxylic acids is 1. The number of benzene rings is 1. The van der Waals surface area contributed by atoms with Gasteiger partial charge in [0, 0.05) is 25.8 Å². The molecule has 0 atom stereocenters. The Bertz CT molecular complexity index is 1540. The molecule has 1 aliphatic carbocycles. The van der Waals surface area contributed by atoms with Crippen LogP contribution in [0.3, 0.4) is 0 Å². The molecule has 12 nitrogen and oxygen atoms in total. The first-order valence-corrected chi connectivity index (χ1v) is 14.3. The molecule has 40 heavy (non-hydrogen) atoms. The van der Waals surface area contributed by atoms with Gasteiger partial charge >= 0.3 is 12.1 Å². The maximum atomic E-state index is 12.6. The monoisotopic (exact) mass is 583 g/mol. The molecule has 0 saturated heterocycles. The molecule has 2 aliphatic rings. The van der Waals surface area contributed by atoms with E-state index in [-0.39, 0.29) is 23.2 Å². The fraction of sp³-hybridized carbons (Fsp3) is 0.500. The van der Waals surface area contributed by atoms with E-state index in [1.165, 1.54) is 11.1 Å². The van der Waals surface area contributed by atoms with Crippen LogP contribution in [0, 0.1) is 5.92 Å². The number of aromatic nitrogens is 4. The smallest absolute Gasteiger partial charge is 0.492 e. The van der Waals surface area contributed by atoms with Gasteiger partial charge < -0.3 is 19.8 Å². The first-order valence-electron chi connectivity index (χ1n) is 12.4. The zero-order chi connectivity index (χ0) is 28.8. The molecule has 216 valence electrons. The average Bonchev–Trinajstić information content (AvgIpc) is 3.25. The SMILES string of the molecule is COc1cc2c(cc1Nc1ncc3cnn(CC4CC(N(OC(=O)C(F)(F)F)S(C)(=O)=O)C4)c3n1)CN(C)CC2. The molecule has 1 aromatic carbocycles. The summed E-state index contributed by atoms with van der Waals surface area (Å²) in [6, 6.07) is 3.14. The minimum absolute atomic E-state index is 0.133. The summed E-state index contributed by atoms with van der Waals surface area (Å²) in [5.74, 6) is -1.72. The molecule has 0 radical (unpaired) electrons. The van der Waals surface area contributed by atoms with Crippen LogP contribution in [0.4, 0.5) is 24.8 Å². The van der Waals surface area contributed by atoms with Gasteiger partial charge in [0.1, 0.15) is 5.75 Å². The summed E-state index contributed by atoms with van der Waals surface area (Å²) in [7, 11) is -0.559. The van der Waals surface area contributed by atoms with Gasteiger partial charge in [-0.1, -0.05) is 0 Å². The molecule has 1 fully saturated rings. The van der Waals surface area contributed by atoms with E-state index in [0.29, 0.717) is 35.5 Å². The van der Waals surface area contributed by atoms with E-state index in [4.69, 9.17) is 4.74 Å². The van der Waals surface area contributed by atoms with Crippen LogP contribution in [-0.2, 0) is 39.2 Å². The Hall–Kier alpha value is -3.50. The fourth-order valence-corrected chi connectivity index (χ4v) is 5.90. The predicted octanol–water partition coefficient (Wildman–Crippen LogP) is 2.63. The van der Waals surface area contributed by atoms with Crippen molar-refractivity contribution in [1.29, 1.82) is 0 Å². The van der Waals surface area contributed by atoms with Crippen molar-refractivity contribution in [2.75, 3.05) is 32.3 Å². The maximum absolute atomic E-state index is 12.6. The summed E-state index contributed by atoms with van der Waals surface area (Å²) >= 11 is 0. The number of halogens is 3. The van der Waals surface area contributed by atoms with E-state index in [0.717, 1.165) is 25.2 Å². The Balaban J connectivity index is 1.29. The number of carbonyl (C=O) groups is 1. The molecule has 3 aromatic rings. The van der Waals surface area contributed by atoms with Crippen LogP contribution in [0.5, 0.6) is 5.75 Å². The summed E-state index contributed by atoms with van der Waals surface area (Å²) < 4.78 is 69.2. The van der Waals surface area contributed by atoms with Crippen molar-refractivity contribution in [3.8, 4) is 5.75 Å². The zero-order valence-electron chi connectivity index (χ0n) is 22.0. The molecular weight excluding hydrogens is 555 g/mol. The number of anilines is 2. The number of sulfonamides is 1. The van der Waals surface area contributed by atoms with Crippen molar-refractivity contribution in [2.45, 2.75) is 44.6 Å². The molecule has 16 heteroatoms. The maximum Gasteiger partial charge on any atom is 0.492 e. The highest BCUT2D eigenvalue weighted by molar-refractivity contribution is 7.88. The topological polar surface area (TPSA) is 132 Å². The first kappa shape index (κ1) is 28.0. The second-order valence-corrected chi connectivity index (χ2v) is 11.9. The largest absolute Gasteiger partial charge is 0.495 e. The van der Waals surface area contributed by atoms with Gasteiger partial charge in [-0.15, -0.1) is 0 Å². The molecule has 1 N–H and O–H groups in total. The number of methoxy groups -OCH3 is 1. The molecule has 1 saturated carbocycles. The predicted molar refractivity (Wildman–Crippen MR) is 137 cm³/mol. The highest BCUT2D eigenvalue weighted by Crippen LogP contribution is 2.36. The molecular formula is C24H28F3N7O5S. The number of likely N-dealkylation sites (N-methyl/N-ethyl adjacent to an activating group) is 1. The number of nitrogens with zero attached hydrogens (tertiary/aromatic N) is 6. The number of nitrogens with one attached hydrogen (secondary N) is 1. The molecule has 0 unspecified atom stereocenters. The molecule has 2 aromatic heterocycles. The van der Waals surface area contributed by atoms with E-state index >= 15 is 0 Å². The third kappa shape index (κ3) is 5.83. The lowest BCUT2D eigenvalue weighted by molar-refractivity contribution is -0.231. The molecule has 3 heterocycles. The molecule has 5 rings (SSSR count). The minimum atomic E-state index is -5.31. The van der Waals surface area contributed by atoms with Crippen molar-refractivity contribution >= 4 is 38.7 Å². The summed E-state index contributed by atoms with van der Waals surface area (Å²) in [6.45, 7) is 2.12. The molecule has 0 spiro atoms. The van der Waals surface area contributed by atoms with Crippen LogP contribution >= 0.6 is 0 Å². The Labute approximate surface area is 228 Å². The normalized spacial score (nSPS) is 19.8. The van der Waals surface area contributed by atoms with E-state index in [1.807, 2.05) is 12.1 Å². The van der Waals surface area contributed by atoms with Crippen molar-refractivity contribution in [2.24, 2.45) is 5.92 Å². The Morgan fingerprint density at radius 1 is 1.23 bits per heavy atom. The quantitative estimate of drug-likeness (QED) is 0.395. The lowest BCUT2D eigenvalue weighted by Gasteiger charge is -2.39. The average molecular weight is 584 g/mol. The van der Waals surface area contributed by atoms with Crippen LogP contribution < -0.4 is 10.1 Å². The Morgan fingerprint density at radius 2 is 1.98 bits per heavy atom. The number of rotatable bonds is 8. The number of hydrogen-bond acceptors (Lipinski definition) is 10. The fourth-order valence-electron chi connectivity index (χ4n) is 4.99. The Morgan fingerprint density at radius 3 is 2.65 bits per heavy atom. The van der Waals surface area contributed by atoms with Gasteiger partial charge in [0.05, 0.1) is 36.7 Å². The van der Waals surface area contributed by atoms with Crippen LogP contribution in [0.25, 0.3) is 11.0 Å². The van der Waals surface area contributed by atoms with E-state index < -0.39 is 28.2 Å². The summed E-state index contributed by atoms with van der Waals surface area (Å²) in [6.07, 6.45) is -0.125. The number of hydrogen-bond donors (Lipinski definition) is 1. The van der Waals surface area contributed by atoms with Crippen LogP contribution in [0.2, 0.25) is 0 Å². The third-order valence-electron chi connectivity index (χ3n) is 7.02. The number of fused-ring (bicyclic) bond motifs is 2. The van der Waals surface area contributed by atoms with Gasteiger partial charge in [-0.3, -0.25) is 0 Å². The van der Waals surface area contributed by atoms with Gasteiger partial charge in [-0.05, 0) is 60.0 Å². The molecule has 0 amide bonds. The van der Waals surface area contributed by atoms with Crippen LogP contribution in [0.1, 0.15) is 24.0 Å². The van der Waals surface area contributed by atoms with Crippen LogP contribution in [-0.4, -0.2) is 82.7 Å². The standard InChI is InChI=1S/C24H28F3N7O5S/c1-32-5-4-15-9-20(38-2)19(8-16(15)13-32)30-23-28-10-17-11-29-33(21(17)31-23)12-14-6-18(7-14)34(40(3,36)37)39-22(35)24(25,26)27/h8-11,14,18H,4-7,12-13H2,1-3H3,(H,28,30,31). The number of hydroxylamine groups is 1. The lowest BCUT2D eigenvalue weighted by atomic mass is 9.81. The highest BCUT2D eigenvalue weighted by atomic mass is 32.2. The first-order chi connectivity index (χ1) is 18.8. The Kier molecular flexibility index (Phi) is 7.35. The minimum Gasteiger partial charge on any atom is -0.495 e. The lowest BCUT2D eigenvalue weighted by Crippen LogP contribution is -2.50. The summed E-state index contributed by atoms with van der Waals surface area (Å²) in [5, 5.41) is 8.26. The second kappa shape index (κ2) is 10.5. The van der Waals surface area contributed by atoms with E-state index in [2.05, 4.69) is 37.2 Å². The highest BCUT2D eigenvalue weighted by Gasteiger charge is 2.47.